The molecular formula is C12H14N2S. The van der Waals surface area contributed by atoms with Crippen molar-refractivity contribution < 1.29 is 0 Å². The van der Waals surface area contributed by atoms with Gasteiger partial charge < -0.3 is 5.73 Å². The molecule has 0 aliphatic heterocycles. The van der Waals surface area contributed by atoms with Crippen LogP contribution in [0.1, 0.15) is 16.0 Å². The lowest BCUT2D eigenvalue weighted by molar-refractivity contribution is 1.11. The third-order valence-corrected chi connectivity index (χ3v) is 3.37. The summed E-state index contributed by atoms with van der Waals surface area (Å²) < 4.78 is 4.39. The third kappa shape index (κ3) is 2.08. The van der Waals surface area contributed by atoms with Crippen LogP contribution in [0, 0.1) is 13.8 Å². The molecule has 15 heavy (non-hydrogen) atoms. The van der Waals surface area contributed by atoms with Crippen LogP contribution >= 0.6 is 11.5 Å². The number of hydrogen-bond acceptors (Lipinski definition) is 3. The van der Waals surface area contributed by atoms with Crippen LogP contribution in [0.4, 0.5) is 0 Å². The Morgan fingerprint density at radius 1 is 1.20 bits per heavy atom. The molecule has 0 aliphatic carbocycles. The van der Waals surface area contributed by atoms with Gasteiger partial charge >= 0.3 is 0 Å². The van der Waals surface area contributed by atoms with Crippen molar-refractivity contribution in [3.63, 3.8) is 0 Å². The van der Waals surface area contributed by atoms with E-state index >= 15 is 0 Å². The van der Waals surface area contributed by atoms with E-state index in [2.05, 4.69) is 42.5 Å². The zero-order valence-electron chi connectivity index (χ0n) is 8.95. The molecule has 0 amide bonds. The van der Waals surface area contributed by atoms with Gasteiger partial charge in [0.1, 0.15) is 0 Å². The second-order valence-electron chi connectivity index (χ2n) is 3.68. The van der Waals surface area contributed by atoms with Gasteiger partial charge in [0, 0.05) is 17.0 Å². The minimum Gasteiger partial charge on any atom is -0.326 e. The van der Waals surface area contributed by atoms with E-state index in [-0.39, 0.29) is 0 Å². The van der Waals surface area contributed by atoms with E-state index in [4.69, 9.17) is 5.73 Å². The number of aromatic nitrogens is 1. The summed E-state index contributed by atoms with van der Waals surface area (Å²) in [6.45, 7) is 4.81. The fourth-order valence-corrected chi connectivity index (χ4v) is 2.06. The van der Waals surface area contributed by atoms with Crippen LogP contribution in [-0.2, 0) is 6.54 Å². The monoisotopic (exact) mass is 218 g/mol. The lowest BCUT2D eigenvalue weighted by Gasteiger charge is -2.01. The van der Waals surface area contributed by atoms with E-state index in [0.717, 1.165) is 10.6 Å². The standard InChI is InChI=1S/C12H14N2S/c1-8-3-4-10(5-9(8)2)12-6-11(7-13)15-14-12/h3-6H,7,13H2,1-2H3. The first-order chi connectivity index (χ1) is 7.20. The molecule has 2 aromatic rings. The fourth-order valence-electron chi connectivity index (χ4n) is 1.45. The molecule has 2 rings (SSSR count). The quantitative estimate of drug-likeness (QED) is 0.841. The van der Waals surface area contributed by atoms with Gasteiger partial charge in [-0.05, 0) is 48.6 Å². The van der Waals surface area contributed by atoms with Crippen molar-refractivity contribution >= 4 is 11.5 Å². The zero-order valence-corrected chi connectivity index (χ0v) is 9.77. The average molecular weight is 218 g/mol. The van der Waals surface area contributed by atoms with Crippen LogP contribution in [0.25, 0.3) is 11.3 Å². The maximum Gasteiger partial charge on any atom is 0.0844 e. The number of rotatable bonds is 2. The number of nitrogens with zero attached hydrogens (tertiary/aromatic N) is 1. The average Bonchev–Trinajstić information content (AvgIpc) is 2.70. The van der Waals surface area contributed by atoms with Crippen molar-refractivity contribution in [2.24, 2.45) is 5.73 Å². The van der Waals surface area contributed by atoms with Gasteiger partial charge in [-0.3, -0.25) is 0 Å². The summed E-state index contributed by atoms with van der Waals surface area (Å²) in [5.41, 5.74) is 10.4. The first kappa shape index (κ1) is 10.3. The molecule has 0 unspecified atom stereocenters. The van der Waals surface area contributed by atoms with Crippen molar-refractivity contribution in [1.82, 2.24) is 4.37 Å². The highest BCUT2D eigenvalue weighted by Crippen LogP contribution is 2.23. The summed E-state index contributed by atoms with van der Waals surface area (Å²) in [5.74, 6) is 0. The first-order valence-electron chi connectivity index (χ1n) is 4.94. The summed E-state index contributed by atoms with van der Waals surface area (Å²) in [4.78, 5) is 1.13. The highest BCUT2D eigenvalue weighted by atomic mass is 32.1. The first-order valence-corrected chi connectivity index (χ1v) is 5.71. The van der Waals surface area contributed by atoms with Crippen molar-refractivity contribution in [3.8, 4) is 11.3 Å². The van der Waals surface area contributed by atoms with Crippen LogP contribution in [0.15, 0.2) is 24.3 Å². The molecule has 0 aliphatic rings. The number of aryl methyl sites for hydroxylation is 2. The minimum absolute atomic E-state index is 0.572. The molecule has 1 heterocycles. The summed E-state index contributed by atoms with van der Waals surface area (Å²) >= 11 is 1.48. The molecule has 0 saturated heterocycles. The predicted molar refractivity (Wildman–Crippen MR) is 64.9 cm³/mol. The van der Waals surface area contributed by atoms with Crippen molar-refractivity contribution in [3.05, 3.63) is 40.3 Å². The zero-order chi connectivity index (χ0) is 10.8. The summed E-state index contributed by atoms with van der Waals surface area (Å²) in [5, 5.41) is 0. The maximum atomic E-state index is 5.57. The molecule has 78 valence electrons. The molecule has 0 radical (unpaired) electrons. The number of benzene rings is 1. The predicted octanol–water partition coefficient (Wildman–Crippen LogP) is 2.89. The largest absolute Gasteiger partial charge is 0.326 e. The smallest absolute Gasteiger partial charge is 0.0844 e. The Bertz CT molecular complexity index is 474. The van der Waals surface area contributed by atoms with E-state index in [0.29, 0.717) is 6.54 Å². The van der Waals surface area contributed by atoms with Crippen molar-refractivity contribution in [2.45, 2.75) is 20.4 Å². The Morgan fingerprint density at radius 2 is 2.00 bits per heavy atom. The molecule has 3 heteroatoms. The molecular weight excluding hydrogens is 204 g/mol. The van der Waals surface area contributed by atoms with E-state index in [1.165, 1.54) is 28.2 Å². The highest BCUT2D eigenvalue weighted by Gasteiger charge is 2.04. The molecule has 1 aromatic heterocycles. The van der Waals surface area contributed by atoms with Gasteiger partial charge in [-0.2, -0.15) is 4.37 Å². The van der Waals surface area contributed by atoms with E-state index < -0.39 is 0 Å². The Kier molecular flexibility index (Phi) is 2.84. The van der Waals surface area contributed by atoms with Gasteiger partial charge in [-0.25, -0.2) is 0 Å². The van der Waals surface area contributed by atoms with Gasteiger partial charge in [0.05, 0.1) is 5.69 Å². The SMILES string of the molecule is Cc1ccc(-c2cc(CN)sn2)cc1C. The fraction of sp³-hybridized carbons (Fsp3) is 0.250. The lowest BCUT2D eigenvalue weighted by atomic mass is 10.0. The van der Waals surface area contributed by atoms with Gasteiger partial charge in [0.25, 0.3) is 0 Å². The Balaban J connectivity index is 2.40. The van der Waals surface area contributed by atoms with E-state index in [9.17, 15) is 0 Å². The second-order valence-corrected chi connectivity index (χ2v) is 4.57. The second kappa shape index (κ2) is 4.13. The van der Waals surface area contributed by atoms with E-state index in [1.54, 1.807) is 0 Å². The van der Waals surface area contributed by atoms with Crippen LogP contribution in [0.3, 0.4) is 0 Å². The Labute approximate surface area is 93.9 Å². The lowest BCUT2D eigenvalue weighted by Crippen LogP contribution is -1.91. The molecule has 0 saturated carbocycles. The topological polar surface area (TPSA) is 38.9 Å². The Hall–Kier alpha value is -1.19. The molecule has 2 N–H and O–H groups in total. The molecule has 0 atom stereocenters. The summed E-state index contributed by atoms with van der Waals surface area (Å²) in [6.07, 6.45) is 0. The van der Waals surface area contributed by atoms with Crippen LogP contribution in [0.2, 0.25) is 0 Å². The number of nitrogens with two attached hydrogens (primary N) is 1. The van der Waals surface area contributed by atoms with Gasteiger partial charge in [0.15, 0.2) is 0 Å². The van der Waals surface area contributed by atoms with Crippen molar-refractivity contribution in [2.75, 3.05) is 0 Å². The molecule has 0 spiro atoms. The molecule has 2 nitrogen and oxygen atoms in total. The van der Waals surface area contributed by atoms with Crippen LogP contribution < -0.4 is 5.73 Å². The summed E-state index contributed by atoms with van der Waals surface area (Å²) in [6, 6.07) is 8.48. The molecule has 0 bridgehead atoms. The number of hydrogen-bond donors (Lipinski definition) is 1. The summed E-state index contributed by atoms with van der Waals surface area (Å²) in [7, 11) is 0. The Morgan fingerprint density at radius 3 is 2.60 bits per heavy atom. The van der Waals surface area contributed by atoms with Crippen LogP contribution in [0.5, 0.6) is 0 Å². The normalized spacial score (nSPS) is 10.6. The van der Waals surface area contributed by atoms with Crippen molar-refractivity contribution in [1.29, 1.82) is 0 Å². The molecule has 1 aromatic carbocycles. The van der Waals surface area contributed by atoms with Gasteiger partial charge in [0.2, 0.25) is 0 Å². The maximum absolute atomic E-state index is 5.57. The van der Waals surface area contributed by atoms with Gasteiger partial charge in [-0.1, -0.05) is 12.1 Å². The third-order valence-electron chi connectivity index (χ3n) is 2.56. The highest BCUT2D eigenvalue weighted by molar-refractivity contribution is 7.06. The van der Waals surface area contributed by atoms with Gasteiger partial charge in [-0.15, -0.1) is 0 Å². The minimum atomic E-state index is 0.572. The van der Waals surface area contributed by atoms with Crippen LogP contribution in [-0.4, -0.2) is 4.37 Å². The van der Waals surface area contributed by atoms with E-state index in [1.807, 2.05) is 0 Å². The molecule has 0 fully saturated rings.